The zero-order chi connectivity index (χ0) is 9.15. The molecule has 0 aromatic carbocycles. The van der Waals surface area contributed by atoms with Crippen molar-refractivity contribution in [3.05, 3.63) is 0 Å². The molecule has 2 heteroatoms. The number of hydrogen-bond donors (Lipinski definition) is 1. The second kappa shape index (κ2) is 3.97. The number of ether oxygens (including phenoxy) is 1. The van der Waals surface area contributed by atoms with Crippen LogP contribution in [-0.4, -0.2) is 23.9 Å². The van der Waals surface area contributed by atoms with Crippen molar-refractivity contribution in [1.29, 1.82) is 0 Å². The lowest BCUT2D eigenvalue weighted by atomic mass is 9.86. The Bertz CT molecular complexity index is 157. The van der Waals surface area contributed by atoms with Crippen LogP contribution in [0.5, 0.6) is 0 Å². The van der Waals surface area contributed by atoms with Gasteiger partial charge >= 0.3 is 0 Å². The maximum atomic E-state index is 10.1. The third-order valence-electron chi connectivity index (χ3n) is 3.21. The van der Waals surface area contributed by atoms with Crippen molar-refractivity contribution in [3.8, 4) is 0 Å². The smallest absolute Gasteiger partial charge is 0.0880 e. The van der Waals surface area contributed by atoms with Crippen LogP contribution >= 0.6 is 0 Å². The minimum Gasteiger partial charge on any atom is -0.387 e. The van der Waals surface area contributed by atoms with Crippen molar-refractivity contribution in [2.75, 3.05) is 13.2 Å². The summed E-state index contributed by atoms with van der Waals surface area (Å²) in [5.74, 6) is 0.812. The van der Waals surface area contributed by atoms with Crippen LogP contribution in [0.15, 0.2) is 0 Å². The Balaban J connectivity index is 1.64. The van der Waals surface area contributed by atoms with Crippen molar-refractivity contribution in [1.82, 2.24) is 0 Å². The molecular weight excluding hydrogens is 164 g/mol. The second-order valence-electron chi connectivity index (χ2n) is 4.74. The summed E-state index contributed by atoms with van der Waals surface area (Å²) in [5, 5.41) is 10.1. The van der Waals surface area contributed by atoms with E-state index < -0.39 is 5.60 Å². The maximum Gasteiger partial charge on any atom is 0.0880 e. The highest BCUT2D eigenvalue weighted by Gasteiger charge is 2.30. The fourth-order valence-electron chi connectivity index (χ4n) is 2.05. The first-order valence-electron chi connectivity index (χ1n) is 5.59. The SMILES string of the molecule is OC1(COCC2CC2)CCCCC1. The van der Waals surface area contributed by atoms with E-state index in [0.717, 1.165) is 25.4 Å². The van der Waals surface area contributed by atoms with Gasteiger partial charge in [-0.05, 0) is 31.6 Å². The lowest BCUT2D eigenvalue weighted by molar-refractivity contribution is -0.0701. The van der Waals surface area contributed by atoms with Crippen LogP contribution in [0.1, 0.15) is 44.9 Å². The fraction of sp³-hybridized carbons (Fsp3) is 1.00. The average molecular weight is 184 g/mol. The highest BCUT2D eigenvalue weighted by atomic mass is 16.5. The third-order valence-corrected chi connectivity index (χ3v) is 3.21. The Morgan fingerprint density at radius 2 is 1.85 bits per heavy atom. The van der Waals surface area contributed by atoms with Crippen LogP contribution in [0, 0.1) is 5.92 Å². The van der Waals surface area contributed by atoms with Crippen molar-refractivity contribution in [3.63, 3.8) is 0 Å². The summed E-state index contributed by atoms with van der Waals surface area (Å²) in [6.07, 6.45) is 8.17. The minimum atomic E-state index is -0.479. The summed E-state index contributed by atoms with van der Waals surface area (Å²) in [4.78, 5) is 0. The molecule has 0 atom stereocenters. The van der Waals surface area contributed by atoms with Crippen molar-refractivity contribution < 1.29 is 9.84 Å². The average Bonchev–Trinajstić information content (AvgIpc) is 2.89. The highest BCUT2D eigenvalue weighted by molar-refractivity contribution is 4.82. The van der Waals surface area contributed by atoms with Crippen LogP contribution in [0.2, 0.25) is 0 Å². The molecule has 0 amide bonds. The maximum absolute atomic E-state index is 10.1. The van der Waals surface area contributed by atoms with E-state index in [-0.39, 0.29) is 0 Å². The number of rotatable bonds is 4. The Morgan fingerprint density at radius 3 is 2.46 bits per heavy atom. The molecule has 2 nitrogen and oxygen atoms in total. The molecule has 0 aromatic heterocycles. The standard InChI is InChI=1S/C11H20O2/c12-11(6-2-1-3-7-11)9-13-8-10-4-5-10/h10,12H,1-9H2. The summed E-state index contributed by atoms with van der Waals surface area (Å²) < 4.78 is 5.55. The molecule has 0 bridgehead atoms. The van der Waals surface area contributed by atoms with E-state index in [1.807, 2.05) is 0 Å². The van der Waals surface area contributed by atoms with Gasteiger partial charge in [0, 0.05) is 6.61 Å². The van der Waals surface area contributed by atoms with E-state index in [9.17, 15) is 5.11 Å². The molecule has 0 radical (unpaired) electrons. The Morgan fingerprint density at radius 1 is 1.15 bits per heavy atom. The predicted octanol–water partition coefficient (Wildman–Crippen LogP) is 2.11. The van der Waals surface area contributed by atoms with Gasteiger partial charge in [-0.1, -0.05) is 19.3 Å². The zero-order valence-corrected chi connectivity index (χ0v) is 8.30. The van der Waals surface area contributed by atoms with Crippen LogP contribution in [0.25, 0.3) is 0 Å². The fourth-order valence-corrected chi connectivity index (χ4v) is 2.05. The van der Waals surface area contributed by atoms with E-state index in [1.165, 1.54) is 32.1 Å². The summed E-state index contributed by atoms with van der Waals surface area (Å²) in [6.45, 7) is 1.45. The summed E-state index contributed by atoms with van der Waals surface area (Å²) >= 11 is 0. The summed E-state index contributed by atoms with van der Waals surface area (Å²) in [6, 6.07) is 0. The van der Waals surface area contributed by atoms with E-state index >= 15 is 0 Å². The van der Waals surface area contributed by atoms with Gasteiger partial charge in [0.15, 0.2) is 0 Å². The van der Waals surface area contributed by atoms with Crippen LogP contribution in [0.3, 0.4) is 0 Å². The summed E-state index contributed by atoms with van der Waals surface area (Å²) in [7, 11) is 0. The van der Waals surface area contributed by atoms with Crippen LogP contribution in [0.4, 0.5) is 0 Å². The molecule has 2 fully saturated rings. The first-order valence-corrected chi connectivity index (χ1v) is 5.59. The third kappa shape index (κ3) is 2.96. The molecule has 13 heavy (non-hydrogen) atoms. The first kappa shape index (κ1) is 9.47. The lowest BCUT2D eigenvalue weighted by Crippen LogP contribution is -2.36. The summed E-state index contributed by atoms with van der Waals surface area (Å²) in [5.41, 5.74) is -0.479. The van der Waals surface area contributed by atoms with E-state index in [0.29, 0.717) is 6.61 Å². The van der Waals surface area contributed by atoms with Gasteiger partial charge in [-0.2, -0.15) is 0 Å². The minimum absolute atomic E-state index is 0.479. The molecule has 76 valence electrons. The largest absolute Gasteiger partial charge is 0.387 e. The molecule has 0 saturated heterocycles. The van der Waals surface area contributed by atoms with Crippen molar-refractivity contribution in [2.45, 2.75) is 50.5 Å². The monoisotopic (exact) mass is 184 g/mol. The highest BCUT2D eigenvalue weighted by Crippen LogP contribution is 2.31. The molecule has 2 rings (SSSR count). The molecule has 0 heterocycles. The molecule has 0 spiro atoms. The Hall–Kier alpha value is -0.0800. The van der Waals surface area contributed by atoms with Crippen molar-refractivity contribution >= 4 is 0 Å². The molecule has 2 aliphatic carbocycles. The lowest BCUT2D eigenvalue weighted by Gasteiger charge is -2.31. The predicted molar refractivity (Wildman–Crippen MR) is 51.6 cm³/mol. The molecule has 1 N–H and O–H groups in total. The van der Waals surface area contributed by atoms with E-state index in [4.69, 9.17) is 4.74 Å². The van der Waals surface area contributed by atoms with E-state index in [2.05, 4.69) is 0 Å². The van der Waals surface area contributed by atoms with Crippen LogP contribution < -0.4 is 0 Å². The topological polar surface area (TPSA) is 29.5 Å². The molecule has 0 unspecified atom stereocenters. The van der Waals surface area contributed by atoms with Gasteiger partial charge in [0.05, 0.1) is 12.2 Å². The van der Waals surface area contributed by atoms with Gasteiger partial charge in [0.1, 0.15) is 0 Å². The van der Waals surface area contributed by atoms with Gasteiger partial charge in [-0.25, -0.2) is 0 Å². The molecule has 2 aliphatic rings. The van der Waals surface area contributed by atoms with Gasteiger partial charge in [0.25, 0.3) is 0 Å². The molecule has 0 aromatic rings. The molecule has 0 aliphatic heterocycles. The van der Waals surface area contributed by atoms with Crippen LogP contribution in [-0.2, 0) is 4.74 Å². The Labute approximate surface area is 80.3 Å². The first-order chi connectivity index (χ1) is 6.29. The van der Waals surface area contributed by atoms with Gasteiger partial charge < -0.3 is 9.84 Å². The normalized spacial score (nSPS) is 27.5. The molecule has 2 saturated carbocycles. The van der Waals surface area contributed by atoms with Gasteiger partial charge in [-0.3, -0.25) is 0 Å². The Kier molecular flexibility index (Phi) is 2.89. The van der Waals surface area contributed by atoms with Crippen molar-refractivity contribution in [2.24, 2.45) is 5.92 Å². The number of hydrogen-bond acceptors (Lipinski definition) is 2. The van der Waals surface area contributed by atoms with Gasteiger partial charge in [0.2, 0.25) is 0 Å². The zero-order valence-electron chi connectivity index (χ0n) is 8.30. The second-order valence-corrected chi connectivity index (χ2v) is 4.74. The van der Waals surface area contributed by atoms with E-state index in [1.54, 1.807) is 0 Å². The molecular formula is C11H20O2. The van der Waals surface area contributed by atoms with Gasteiger partial charge in [-0.15, -0.1) is 0 Å². The quantitative estimate of drug-likeness (QED) is 0.725. The number of aliphatic hydroxyl groups is 1.